The molecule has 1 amide bonds. The molecule has 0 fully saturated rings. The molecule has 7 nitrogen and oxygen atoms in total. The van der Waals surface area contributed by atoms with Crippen molar-refractivity contribution in [2.45, 2.75) is 31.4 Å². The van der Waals surface area contributed by atoms with Crippen LogP contribution in [-0.2, 0) is 16.0 Å². The van der Waals surface area contributed by atoms with Gasteiger partial charge in [-0.05, 0) is 36.8 Å². The van der Waals surface area contributed by atoms with Crippen molar-refractivity contribution in [3.63, 3.8) is 0 Å². The second kappa shape index (κ2) is 8.86. The Morgan fingerprint density at radius 3 is 2.57 bits per heavy atom. The van der Waals surface area contributed by atoms with Crippen molar-refractivity contribution >= 4 is 11.8 Å². The maximum Gasteiger partial charge on any atom is 0.275 e. The van der Waals surface area contributed by atoms with Gasteiger partial charge in [-0.1, -0.05) is 30.3 Å². The van der Waals surface area contributed by atoms with Gasteiger partial charge >= 0.3 is 0 Å². The third-order valence-electron chi connectivity index (χ3n) is 4.75. The van der Waals surface area contributed by atoms with Gasteiger partial charge in [0.15, 0.2) is 5.54 Å². The van der Waals surface area contributed by atoms with Crippen LogP contribution < -0.4 is 10.2 Å². The van der Waals surface area contributed by atoms with Crippen molar-refractivity contribution in [2.24, 2.45) is 4.99 Å². The van der Waals surface area contributed by atoms with Crippen molar-refractivity contribution < 1.29 is 24.6 Å². The number of hydroxylamine groups is 1. The van der Waals surface area contributed by atoms with E-state index in [4.69, 9.17) is 14.6 Å². The number of aliphatic imine (C=N–C) groups is 1. The van der Waals surface area contributed by atoms with Crippen LogP contribution in [0.25, 0.3) is 0 Å². The third kappa shape index (κ3) is 4.16. The summed E-state index contributed by atoms with van der Waals surface area (Å²) in [6, 6.07) is 16.7. The van der Waals surface area contributed by atoms with Crippen LogP contribution in [0.4, 0.5) is 0 Å². The summed E-state index contributed by atoms with van der Waals surface area (Å²) in [7, 11) is 0. The molecule has 0 aliphatic carbocycles. The summed E-state index contributed by atoms with van der Waals surface area (Å²) >= 11 is 0. The van der Waals surface area contributed by atoms with Crippen LogP contribution in [0.5, 0.6) is 5.75 Å². The van der Waals surface area contributed by atoms with E-state index in [1.165, 1.54) is 0 Å². The van der Waals surface area contributed by atoms with Crippen LogP contribution in [0.15, 0.2) is 59.6 Å². The molecule has 28 heavy (non-hydrogen) atoms. The van der Waals surface area contributed by atoms with Gasteiger partial charge in [0.25, 0.3) is 5.91 Å². The van der Waals surface area contributed by atoms with Gasteiger partial charge in [0.05, 0.1) is 6.61 Å². The molecule has 0 saturated heterocycles. The van der Waals surface area contributed by atoms with Crippen LogP contribution in [0.1, 0.15) is 24.5 Å². The molecule has 3 N–H and O–H groups in total. The number of hydrogen-bond donors (Lipinski definition) is 3. The fourth-order valence-corrected chi connectivity index (χ4v) is 3.15. The fraction of sp³-hybridized carbons (Fsp3) is 0.333. The summed E-state index contributed by atoms with van der Waals surface area (Å²) < 4.78 is 11.4. The number of benzene rings is 2. The first-order valence-corrected chi connectivity index (χ1v) is 9.18. The number of rotatable bonds is 8. The van der Waals surface area contributed by atoms with E-state index in [2.05, 4.69) is 4.99 Å². The zero-order chi connectivity index (χ0) is 20.0. The molecule has 2 aromatic carbocycles. The summed E-state index contributed by atoms with van der Waals surface area (Å²) in [5.74, 6) is 0.407. The van der Waals surface area contributed by atoms with Gasteiger partial charge in [-0.15, -0.1) is 0 Å². The number of aliphatic hydroxyl groups is 1. The Hall–Kier alpha value is -2.90. The van der Waals surface area contributed by atoms with Crippen LogP contribution in [-0.4, -0.2) is 47.0 Å². The fourth-order valence-electron chi connectivity index (χ4n) is 3.15. The number of nitrogens with zero attached hydrogens (tertiary/aromatic N) is 1. The number of carbonyl (C=O) groups excluding carboxylic acids is 1. The van der Waals surface area contributed by atoms with E-state index in [1.54, 1.807) is 36.7 Å². The molecule has 1 aliphatic heterocycles. The predicted molar refractivity (Wildman–Crippen MR) is 104 cm³/mol. The maximum absolute atomic E-state index is 12.5. The Balaban J connectivity index is 1.85. The average molecular weight is 384 g/mol. The van der Waals surface area contributed by atoms with Gasteiger partial charge in [0, 0.05) is 25.0 Å². The number of nitrogens with one attached hydrogen (secondary N) is 1. The zero-order valence-corrected chi connectivity index (χ0v) is 15.7. The molecule has 2 atom stereocenters. The van der Waals surface area contributed by atoms with E-state index < -0.39 is 17.6 Å². The van der Waals surface area contributed by atoms with Crippen LogP contribution >= 0.6 is 0 Å². The Morgan fingerprint density at radius 1 is 1.21 bits per heavy atom. The minimum absolute atomic E-state index is 0.0804. The molecular weight excluding hydrogens is 360 g/mol. The monoisotopic (exact) mass is 384 g/mol. The molecule has 7 heteroatoms. The van der Waals surface area contributed by atoms with Gasteiger partial charge in [-0.25, -0.2) is 10.5 Å². The summed E-state index contributed by atoms with van der Waals surface area (Å²) in [5.41, 5.74) is 2.11. The van der Waals surface area contributed by atoms with Crippen LogP contribution in [0.2, 0.25) is 0 Å². The lowest BCUT2D eigenvalue weighted by molar-refractivity contribution is -0.136. The molecule has 0 unspecified atom stereocenters. The molecule has 1 heterocycles. The van der Waals surface area contributed by atoms with E-state index >= 15 is 0 Å². The highest BCUT2D eigenvalue weighted by molar-refractivity contribution is 6.00. The lowest BCUT2D eigenvalue weighted by Crippen LogP contribution is -2.51. The molecule has 2 aromatic rings. The second-order valence-corrected chi connectivity index (χ2v) is 6.65. The van der Waals surface area contributed by atoms with Crippen molar-refractivity contribution in [1.29, 1.82) is 0 Å². The quantitative estimate of drug-likeness (QED) is 0.368. The molecule has 0 aromatic heterocycles. The normalized spacial score (nSPS) is 21.0. The van der Waals surface area contributed by atoms with Crippen molar-refractivity contribution in [1.82, 2.24) is 5.48 Å². The number of aliphatic hydroxyl groups excluding tert-OH is 1. The number of amides is 1. The first kappa shape index (κ1) is 19.9. The molecule has 3 rings (SSSR count). The number of carbonyl (C=O) groups is 1. The first-order valence-electron chi connectivity index (χ1n) is 9.18. The molecule has 1 aliphatic rings. The second-order valence-electron chi connectivity index (χ2n) is 6.65. The topological polar surface area (TPSA) is 100 Å². The van der Waals surface area contributed by atoms with Crippen LogP contribution in [0.3, 0.4) is 0 Å². The summed E-state index contributed by atoms with van der Waals surface area (Å²) in [5, 5.41) is 18.1. The van der Waals surface area contributed by atoms with Crippen LogP contribution in [0, 0.1) is 0 Å². The molecule has 0 bridgehead atoms. The SMILES string of the molecule is C[C@@H]1OC(c2ccc(OCCCO)cc2)=N[C@]1(Cc1ccccc1)C(=O)NO. The van der Waals surface area contributed by atoms with Crippen molar-refractivity contribution in [3.8, 4) is 5.75 Å². The summed E-state index contributed by atoms with van der Waals surface area (Å²) in [4.78, 5) is 17.1. The van der Waals surface area contributed by atoms with Gasteiger partial charge in [-0.2, -0.15) is 0 Å². The smallest absolute Gasteiger partial charge is 0.275 e. The Bertz CT molecular complexity index is 822. The standard InChI is InChI=1S/C21H24N2O5/c1-15-21(20(25)23-26,14-16-6-3-2-4-7-16)22-19(28-15)17-8-10-18(11-9-17)27-13-5-12-24/h2-4,6-11,15,24,26H,5,12-14H2,1H3,(H,23,25)/t15-,21-/m0/s1. The van der Waals surface area contributed by atoms with Gasteiger partial charge < -0.3 is 14.6 Å². The molecule has 0 saturated carbocycles. The van der Waals surface area contributed by atoms with Gasteiger partial charge in [0.1, 0.15) is 11.9 Å². The Labute approximate surface area is 163 Å². The largest absolute Gasteiger partial charge is 0.494 e. The number of hydrogen-bond acceptors (Lipinski definition) is 6. The minimum atomic E-state index is -1.26. The molecule has 0 radical (unpaired) electrons. The lowest BCUT2D eigenvalue weighted by atomic mass is 9.86. The molecule has 148 valence electrons. The average Bonchev–Trinajstić information content (AvgIpc) is 3.06. The van der Waals surface area contributed by atoms with Crippen molar-refractivity contribution in [3.05, 3.63) is 65.7 Å². The van der Waals surface area contributed by atoms with E-state index in [0.29, 0.717) is 36.7 Å². The molecule has 0 spiro atoms. The summed E-state index contributed by atoms with van der Waals surface area (Å²) in [6.07, 6.45) is 0.302. The predicted octanol–water partition coefficient (Wildman–Crippen LogP) is 2.10. The zero-order valence-electron chi connectivity index (χ0n) is 15.7. The van der Waals surface area contributed by atoms with E-state index in [1.807, 2.05) is 30.3 Å². The minimum Gasteiger partial charge on any atom is -0.494 e. The number of ether oxygens (including phenoxy) is 2. The maximum atomic E-state index is 12.5. The third-order valence-corrected chi connectivity index (χ3v) is 4.75. The highest BCUT2D eigenvalue weighted by atomic mass is 16.5. The Morgan fingerprint density at radius 2 is 1.93 bits per heavy atom. The highest BCUT2D eigenvalue weighted by Gasteiger charge is 2.50. The Kier molecular flexibility index (Phi) is 6.28. The van der Waals surface area contributed by atoms with Crippen molar-refractivity contribution in [2.75, 3.05) is 13.2 Å². The van der Waals surface area contributed by atoms with E-state index in [-0.39, 0.29) is 6.61 Å². The lowest BCUT2D eigenvalue weighted by Gasteiger charge is -2.26. The molecular formula is C21H24N2O5. The summed E-state index contributed by atoms with van der Waals surface area (Å²) in [6.45, 7) is 2.28. The van der Waals surface area contributed by atoms with Gasteiger partial charge in [0.2, 0.25) is 5.90 Å². The van der Waals surface area contributed by atoms with Gasteiger partial charge in [-0.3, -0.25) is 10.0 Å². The highest BCUT2D eigenvalue weighted by Crippen LogP contribution is 2.32. The van der Waals surface area contributed by atoms with E-state index in [9.17, 15) is 10.0 Å². The first-order chi connectivity index (χ1) is 13.6. The van der Waals surface area contributed by atoms with E-state index in [0.717, 1.165) is 5.56 Å².